The highest BCUT2D eigenvalue weighted by molar-refractivity contribution is 8.13. The first-order valence-electron chi connectivity index (χ1n) is 6.36. The predicted octanol–water partition coefficient (Wildman–Crippen LogP) is 3.86. The number of halogens is 1. The number of rotatable bonds is 2. The van der Waals surface area contributed by atoms with Gasteiger partial charge in [0.15, 0.2) is 5.17 Å². The maximum Gasteiger partial charge on any atom is 0.163 e. The first kappa shape index (κ1) is 14.1. The van der Waals surface area contributed by atoms with Gasteiger partial charge in [0.25, 0.3) is 0 Å². The van der Waals surface area contributed by atoms with E-state index in [4.69, 9.17) is 4.99 Å². The Morgan fingerprint density at radius 2 is 1.89 bits per heavy atom. The molecule has 0 unspecified atom stereocenters. The maximum atomic E-state index is 13.0. The van der Waals surface area contributed by atoms with Gasteiger partial charge in [-0.2, -0.15) is 0 Å². The summed E-state index contributed by atoms with van der Waals surface area (Å²) in [5, 5.41) is 1.00. The minimum atomic E-state index is -0.207. The van der Waals surface area contributed by atoms with Crippen LogP contribution in [0.15, 0.2) is 35.3 Å². The van der Waals surface area contributed by atoms with E-state index in [1.165, 1.54) is 12.1 Å². The summed E-state index contributed by atoms with van der Waals surface area (Å²) in [7, 11) is 2.00. The molecule has 102 valence electrons. The van der Waals surface area contributed by atoms with Crippen LogP contribution in [-0.4, -0.2) is 29.4 Å². The third kappa shape index (κ3) is 3.00. The molecule has 1 aliphatic heterocycles. The van der Waals surface area contributed by atoms with Gasteiger partial charge >= 0.3 is 0 Å². The monoisotopic (exact) mass is 278 g/mol. The standard InChI is InChI=1S/C15H19FN2S/c1-10(2)13-9-14(18(3)15(17-13)19-4)11-5-7-12(16)8-6-11/h5-10,13H,1-4H3/t13-/m0/s1. The first-order valence-corrected chi connectivity index (χ1v) is 7.58. The van der Waals surface area contributed by atoms with E-state index in [9.17, 15) is 4.39 Å². The summed E-state index contributed by atoms with van der Waals surface area (Å²) in [6.07, 6.45) is 4.19. The Kier molecular flexibility index (Phi) is 4.30. The largest absolute Gasteiger partial charge is 0.324 e. The highest BCUT2D eigenvalue weighted by Crippen LogP contribution is 2.28. The molecule has 2 nitrogen and oxygen atoms in total. The van der Waals surface area contributed by atoms with Gasteiger partial charge in [0.2, 0.25) is 0 Å². The van der Waals surface area contributed by atoms with Gasteiger partial charge in [-0.3, -0.25) is 4.99 Å². The van der Waals surface area contributed by atoms with E-state index in [0.29, 0.717) is 5.92 Å². The molecular weight excluding hydrogens is 259 g/mol. The molecule has 4 heteroatoms. The van der Waals surface area contributed by atoms with Gasteiger partial charge in [0, 0.05) is 12.7 Å². The van der Waals surface area contributed by atoms with E-state index in [0.717, 1.165) is 16.4 Å². The van der Waals surface area contributed by atoms with E-state index < -0.39 is 0 Å². The number of thioether (sulfide) groups is 1. The van der Waals surface area contributed by atoms with E-state index >= 15 is 0 Å². The molecule has 0 saturated heterocycles. The fraction of sp³-hybridized carbons (Fsp3) is 0.400. The van der Waals surface area contributed by atoms with Crippen LogP contribution in [0.25, 0.3) is 5.70 Å². The second-order valence-electron chi connectivity index (χ2n) is 4.97. The number of nitrogens with zero attached hydrogens (tertiary/aromatic N) is 2. The number of aliphatic imine (C=N–C) groups is 1. The minimum Gasteiger partial charge on any atom is -0.324 e. The van der Waals surface area contributed by atoms with Crippen molar-refractivity contribution in [3.05, 3.63) is 41.7 Å². The van der Waals surface area contributed by atoms with Crippen molar-refractivity contribution < 1.29 is 4.39 Å². The molecule has 0 saturated carbocycles. The molecule has 1 atom stereocenters. The van der Waals surface area contributed by atoms with Crippen molar-refractivity contribution in [2.75, 3.05) is 13.3 Å². The van der Waals surface area contributed by atoms with Crippen LogP contribution in [0, 0.1) is 11.7 Å². The van der Waals surface area contributed by atoms with E-state index in [2.05, 4.69) is 24.8 Å². The molecule has 1 aliphatic rings. The van der Waals surface area contributed by atoms with Crippen molar-refractivity contribution in [2.45, 2.75) is 19.9 Å². The molecule has 1 aromatic carbocycles. The van der Waals surface area contributed by atoms with Gasteiger partial charge in [-0.25, -0.2) is 4.39 Å². The van der Waals surface area contributed by atoms with Gasteiger partial charge in [-0.1, -0.05) is 25.6 Å². The molecule has 0 spiro atoms. The lowest BCUT2D eigenvalue weighted by molar-refractivity contribution is 0.548. The summed E-state index contributed by atoms with van der Waals surface area (Å²) in [5.41, 5.74) is 2.12. The van der Waals surface area contributed by atoms with E-state index in [1.54, 1.807) is 11.8 Å². The Balaban J connectivity index is 2.39. The molecule has 0 fully saturated rings. The normalized spacial score (nSPS) is 19.5. The fourth-order valence-corrected chi connectivity index (χ4v) is 2.67. The van der Waals surface area contributed by atoms with Crippen molar-refractivity contribution in [2.24, 2.45) is 10.9 Å². The summed E-state index contributed by atoms with van der Waals surface area (Å²) in [5.74, 6) is 0.244. The summed E-state index contributed by atoms with van der Waals surface area (Å²) in [6, 6.07) is 6.81. The number of amidine groups is 1. The van der Waals surface area contributed by atoms with Crippen LogP contribution in [0.2, 0.25) is 0 Å². The SMILES string of the molecule is CSC1=N[C@H](C(C)C)C=C(c2ccc(F)cc2)N1C. The smallest absolute Gasteiger partial charge is 0.163 e. The molecule has 1 heterocycles. The quantitative estimate of drug-likeness (QED) is 0.816. The first-order chi connectivity index (χ1) is 9.02. The zero-order valence-corrected chi connectivity index (χ0v) is 12.5. The molecule has 0 amide bonds. The molecule has 0 aliphatic carbocycles. The Morgan fingerprint density at radius 1 is 1.26 bits per heavy atom. The minimum absolute atomic E-state index is 0.179. The van der Waals surface area contributed by atoms with E-state index in [-0.39, 0.29) is 11.9 Å². The average molecular weight is 278 g/mol. The summed E-state index contributed by atoms with van der Waals surface area (Å²) < 4.78 is 13.0. The molecule has 0 N–H and O–H groups in total. The zero-order valence-electron chi connectivity index (χ0n) is 11.7. The van der Waals surface area contributed by atoms with Crippen LogP contribution >= 0.6 is 11.8 Å². The summed E-state index contributed by atoms with van der Waals surface area (Å²) >= 11 is 1.64. The highest BCUT2D eigenvalue weighted by atomic mass is 32.2. The fourth-order valence-electron chi connectivity index (χ4n) is 2.07. The third-order valence-corrected chi connectivity index (χ3v) is 3.99. The van der Waals surface area contributed by atoms with Gasteiger partial charge in [-0.15, -0.1) is 0 Å². The van der Waals surface area contributed by atoms with Gasteiger partial charge < -0.3 is 4.90 Å². The average Bonchev–Trinajstić information content (AvgIpc) is 2.40. The highest BCUT2D eigenvalue weighted by Gasteiger charge is 2.22. The zero-order chi connectivity index (χ0) is 14.0. The second kappa shape index (κ2) is 5.78. The molecule has 0 radical (unpaired) electrons. The van der Waals surface area contributed by atoms with Crippen LogP contribution < -0.4 is 0 Å². The molecule has 0 aromatic heterocycles. The lowest BCUT2D eigenvalue weighted by Gasteiger charge is -2.31. The Hall–Kier alpha value is -1.29. The number of hydrogen-bond donors (Lipinski definition) is 0. The van der Waals surface area contributed by atoms with Crippen molar-refractivity contribution in [1.82, 2.24) is 4.90 Å². The Labute approximate surface area is 118 Å². The van der Waals surface area contributed by atoms with Gasteiger partial charge in [0.1, 0.15) is 5.82 Å². The van der Waals surface area contributed by atoms with Crippen LogP contribution in [-0.2, 0) is 0 Å². The molecular formula is C15H19FN2S. The molecule has 2 rings (SSSR count). The third-order valence-electron chi connectivity index (χ3n) is 3.24. The number of benzene rings is 1. The number of hydrogen-bond acceptors (Lipinski definition) is 3. The summed E-state index contributed by atoms with van der Waals surface area (Å²) in [6.45, 7) is 4.33. The van der Waals surface area contributed by atoms with Crippen molar-refractivity contribution in [1.29, 1.82) is 0 Å². The van der Waals surface area contributed by atoms with Gasteiger partial charge in [-0.05, 0) is 48.1 Å². The van der Waals surface area contributed by atoms with Crippen molar-refractivity contribution in [3.63, 3.8) is 0 Å². The Morgan fingerprint density at radius 3 is 2.42 bits per heavy atom. The predicted molar refractivity (Wildman–Crippen MR) is 81.7 cm³/mol. The molecule has 0 bridgehead atoms. The van der Waals surface area contributed by atoms with E-state index in [1.807, 2.05) is 25.4 Å². The van der Waals surface area contributed by atoms with Crippen LogP contribution in [0.3, 0.4) is 0 Å². The van der Waals surface area contributed by atoms with Crippen LogP contribution in [0.4, 0.5) is 4.39 Å². The van der Waals surface area contributed by atoms with Crippen molar-refractivity contribution in [3.8, 4) is 0 Å². The topological polar surface area (TPSA) is 15.6 Å². The van der Waals surface area contributed by atoms with Gasteiger partial charge in [0.05, 0.1) is 6.04 Å². The lowest BCUT2D eigenvalue weighted by atomic mass is 10.00. The second-order valence-corrected chi connectivity index (χ2v) is 5.74. The lowest BCUT2D eigenvalue weighted by Crippen LogP contribution is -2.30. The maximum absolute atomic E-state index is 13.0. The molecule has 19 heavy (non-hydrogen) atoms. The molecule has 1 aromatic rings. The summed E-state index contributed by atoms with van der Waals surface area (Å²) in [4.78, 5) is 6.80. The van der Waals surface area contributed by atoms with Crippen LogP contribution in [0.5, 0.6) is 0 Å². The Bertz CT molecular complexity index is 505. The van der Waals surface area contributed by atoms with Crippen molar-refractivity contribution >= 4 is 22.6 Å². The van der Waals surface area contributed by atoms with Crippen LogP contribution in [0.1, 0.15) is 19.4 Å².